The third-order valence-electron chi connectivity index (χ3n) is 4.18. The Labute approximate surface area is 144 Å². The summed E-state index contributed by atoms with van der Waals surface area (Å²) in [5, 5.41) is 0. The van der Waals surface area contributed by atoms with E-state index in [0.29, 0.717) is 18.8 Å². The number of alkyl halides is 3. The number of benzene rings is 2. The molecule has 0 amide bonds. The van der Waals surface area contributed by atoms with Gasteiger partial charge in [0.15, 0.2) is 0 Å². The van der Waals surface area contributed by atoms with Crippen molar-refractivity contribution in [2.45, 2.75) is 11.1 Å². The van der Waals surface area contributed by atoms with Crippen molar-refractivity contribution < 1.29 is 21.6 Å². The van der Waals surface area contributed by atoms with Gasteiger partial charge in [-0.25, -0.2) is 8.42 Å². The van der Waals surface area contributed by atoms with Crippen molar-refractivity contribution in [1.29, 1.82) is 0 Å². The number of anilines is 1. The first-order chi connectivity index (χ1) is 11.8. The number of halogens is 3. The second-order valence-corrected chi connectivity index (χ2v) is 7.69. The summed E-state index contributed by atoms with van der Waals surface area (Å²) in [6, 6.07) is 13.1. The van der Waals surface area contributed by atoms with Gasteiger partial charge in [0, 0.05) is 31.9 Å². The molecular weight excluding hydrogens is 353 g/mol. The second-order valence-electron chi connectivity index (χ2n) is 5.75. The number of sulfonamides is 1. The fourth-order valence-corrected chi connectivity index (χ4v) is 4.23. The quantitative estimate of drug-likeness (QED) is 0.833. The Kier molecular flexibility index (Phi) is 4.75. The summed E-state index contributed by atoms with van der Waals surface area (Å²) in [5.74, 6) is 0. The van der Waals surface area contributed by atoms with Gasteiger partial charge in [0.1, 0.15) is 0 Å². The average molecular weight is 370 g/mol. The number of nitrogens with zero attached hydrogens (tertiary/aromatic N) is 2. The van der Waals surface area contributed by atoms with Gasteiger partial charge in [0.25, 0.3) is 0 Å². The molecule has 1 fully saturated rings. The topological polar surface area (TPSA) is 40.6 Å². The maximum Gasteiger partial charge on any atom is 0.416 e. The van der Waals surface area contributed by atoms with E-state index in [0.717, 1.165) is 12.1 Å². The van der Waals surface area contributed by atoms with Gasteiger partial charge < -0.3 is 4.90 Å². The zero-order valence-corrected chi connectivity index (χ0v) is 14.1. The second kappa shape index (κ2) is 6.68. The molecule has 0 aromatic heterocycles. The van der Waals surface area contributed by atoms with Crippen molar-refractivity contribution >= 4 is 15.7 Å². The highest BCUT2D eigenvalue weighted by Gasteiger charge is 2.31. The summed E-state index contributed by atoms with van der Waals surface area (Å²) < 4.78 is 64.4. The van der Waals surface area contributed by atoms with Gasteiger partial charge in [0.2, 0.25) is 10.0 Å². The molecule has 2 aromatic rings. The van der Waals surface area contributed by atoms with E-state index in [2.05, 4.69) is 0 Å². The van der Waals surface area contributed by atoms with Crippen LogP contribution in [-0.2, 0) is 16.2 Å². The molecule has 25 heavy (non-hydrogen) atoms. The number of piperazine rings is 1. The summed E-state index contributed by atoms with van der Waals surface area (Å²) in [7, 11) is -3.54. The number of rotatable bonds is 3. The molecule has 1 heterocycles. The highest BCUT2D eigenvalue weighted by molar-refractivity contribution is 7.89. The van der Waals surface area contributed by atoms with Crippen molar-refractivity contribution in [3.05, 3.63) is 60.2 Å². The molecule has 0 spiro atoms. The van der Waals surface area contributed by atoms with Gasteiger partial charge in [-0.05, 0) is 36.4 Å². The Morgan fingerprint density at radius 2 is 1.36 bits per heavy atom. The van der Waals surface area contributed by atoms with Crippen molar-refractivity contribution in [1.82, 2.24) is 4.31 Å². The first-order valence-corrected chi connectivity index (χ1v) is 9.20. The maximum atomic E-state index is 12.6. The van der Waals surface area contributed by atoms with Crippen molar-refractivity contribution in [2.75, 3.05) is 31.1 Å². The van der Waals surface area contributed by atoms with Gasteiger partial charge >= 0.3 is 6.18 Å². The molecule has 0 bridgehead atoms. The lowest BCUT2D eigenvalue weighted by Gasteiger charge is -2.35. The molecule has 0 aliphatic carbocycles. The van der Waals surface area contributed by atoms with Gasteiger partial charge in [-0.2, -0.15) is 17.5 Å². The normalized spacial score (nSPS) is 16.8. The predicted octanol–water partition coefficient (Wildman–Crippen LogP) is 3.22. The van der Waals surface area contributed by atoms with E-state index in [1.165, 1.54) is 16.4 Å². The summed E-state index contributed by atoms with van der Waals surface area (Å²) in [6.45, 7) is 1.44. The Balaban J connectivity index is 1.68. The fourth-order valence-electron chi connectivity index (χ4n) is 2.79. The molecule has 8 heteroatoms. The molecule has 1 saturated heterocycles. The maximum absolute atomic E-state index is 12.6. The summed E-state index contributed by atoms with van der Waals surface area (Å²) >= 11 is 0. The van der Waals surface area contributed by atoms with E-state index >= 15 is 0 Å². The van der Waals surface area contributed by atoms with Crippen molar-refractivity contribution in [3.8, 4) is 0 Å². The van der Waals surface area contributed by atoms with Crippen LogP contribution in [0, 0.1) is 0 Å². The van der Waals surface area contributed by atoms with Crippen LogP contribution in [0.15, 0.2) is 59.5 Å². The van der Waals surface area contributed by atoms with Crippen LogP contribution in [0.1, 0.15) is 5.56 Å². The summed E-state index contributed by atoms with van der Waals surface area (Å²) in [4.78, 5) is 2.13. The Bertz CT molecular complexity index is 813. The number of hydrogen-bond donors (Lipinski definition) is 0. The van der Waals surface area contributed by atoms with E-state index in [9.17, 15) is 21.6 Å². The fraction of sp³-hybridized carbons (Fsp3) is 0.294. The van der Waals surface area contributed by atoms with E-state index in [1.807, 2.05) is 4.90 Å². The minimum absolute atomic E-state index is 0.248. The lowest BCUT2D eigenvalue weighted by atomic mass is 10.2. The van der Waals surface area contributed by atoms with E-state index in [4.69, 9.17) is 0 Å². The van der Waals surface area contributed by atoms with Crippen LogP contribution < -0.4 is 4.90 Å². The van der Waals surface area contributed by atoms with Gasteiger partial charge in [-0.1, -0.05) is 18.2 Å². The van der Waals surface area contributed by atoms with Crippen LogP contribution in [0.25, 0.3) is 0 Å². The van der Waals surface area contributed by atoms with Crippen LogP contribution >= 0.6 is 0 Å². The first-order valence-electron chi connectivity index (χ1n) is 7.76. The van der Waals surface area contributed by atoms with Gasteiger partial charge in [0.05, 0.1) is 10.5 Å². The van der Waals surface area contributed by atoms with E-state index in [-0.39, 0.29) is 18.0 Å². The first kappa shape index (κ1) is 17.8. The summed E-state index contributed by atoms with van der Waals surface area (Å²) in [5.41, 5.74) is -0.0358. The average Bonchev–Trinajstić information content (AvgIpc) is 2.62. The largest absolute Gasteiger partial charge is 0.416 e. The third-order valence-corrected chi connectivity index (χ3v) is 6.09. The van der Waals surface area contributed by atoms with Crippen molar-refractivity contribution in [2.24, 2.45) is 0 Å². The van der Waals surface area contributed by atoms with E-state index < -0.39 is 21.8 Å². The monoisotopic (exact) mass is 370 g/mol. The molecule has 0 saturated carbocycles. The molecule has 0 radical (unpaired) electrons. The molecule has 134 valence electrons. The summed E-state index contributed by atoms with van der Waals surface area (Å²) in [6.07, 6.45) is -4.36. The van der Waals surface area contributed by atoms with E-state index in [1.54, 1.807) is 30.3 Å². The SMILES string of the molecule is O=S(=O)(c1ccccc1)N1CCN(c2ccc(C(F)(F)F)cc2)CC1. The molecule has 4 nitrogen and oxygen atoms in total. The van der Waals surface area contributed by atoms with Crippen molar-refractivity contribution in [3.63, 3.8) is 0 Å². The lowest BCUT2D eigenvalue weighted by molar-refractivity contribution is -0.137. The number of hydrogen-bond acceptors (Lipinski definition) is 3. The van der Waals surface area contributed by atoms with Crippen LogP contribution in [0.5, 0.6) is 0 Å². The molecule has 1 aliphatic heterocycles. The van der Waals surface area contributed by atoms with Gasteiger partial charge in [-0.15, -0.1) is 0 Å². The van der Waals surface area contributed by atoms with Crippen LogP contribution in [0.4, 0.5) is 18.9 Å². The minimum Gasteiger partial charge on any atom is -0.369 e. The highest BCUT2D eigenvalue weighted by Crippen LogP contribution is 2.31. The molecule has 1 aliphatic rings. The third kappa shape index (κ3) is 3.80. The minimum atomic E-state index is -4.36. The molecular formula is C17H17F3N2O2S. The molecule has 2 aromatic carbocycles. The lowest BCUT2D eigenvalue weighted by Crippen LogP contribution is -2.48. The Hall–Kier alpha value is -2.06. The van der Waals surface area contributed by atoms with Gasteiger partial charge in [-0.3, -0.25) is 0 Å². The standard InChI is InChI=1S/C17H17F3N2O2S/c18-17(19,20)14-6-8-15(9-7-14)21-10-12-22(13-11-21)25(23,24)16-4-2-1-3-5-16/h1-9H,10-13H2. The van der Waals surface area contributed by atoms with Crippen LogP contribution in [0.3, 0.4) is 0 Å². The zero-order valence-electron chi connectivity index (χ0n) is 13.3. The Morgan fingerprint density at radius 1 is 0.800 bits per heavy atom. The van der Waals surface area contributed by atoms with Crippen LogP contribution in [0.2, 0.25) is 0 Å². The zero-order chi connectivity index (χ0) is 18.1. The molecule has 0 unspecified atom stereocenters. The van der Waals surface area contributed by atoms with Crippen LogP contribution in [-0.4, -0.2) is 38.9 Å². The smallest absolute Gasteiger partial charge is 0.369 e. The predicted molar refractivity (Wildman–Crippen MR) is 88.9 cm³/mol. The molecule has 0 atom stereocenters. The Morgan fingerprint density at radius 3 is 1.88 bits per heavy atom. The molecule has 0 N–H and O–H groups in total. The molecule has 3 rings (SSSR count). The highest BCUT2D eigenvalue weighted by atomic mass is 32.2.